The molecule has 1 aromatic rings. The van der Waals surface area contributed by atoms with Crippen LogP contribution in [0, 0.1) is 5.92 Å². The maximum atomic E-state index is 3.54. The molecule has 0 bridgehead atoms. The van der Waals surface area contributed by atoms with Crippen molar-refractivity contribution in [1.82, 2.24) is 15.1 Å². The van der Waals surface area contributed by atoms with E-state index in [1.54, 1.807) is 0 Å². The van der Waals surface area contributed by atoms with Gasteiger partial charge in [0.15, 0.2) is 0 Å². The Labute approximate surface area is 143 Å². The van der Waals surface area contributed by atoms with E-state index in [0.29, 0.717) is 0 Å². The molecule has 23 heavy (non-hydrogen) atoms. The molecule has 0 unspecified atom stereocenters. The van der Waals surface area contributed by atoms with E-state index in [1.165, 1.54) is 43.9 Å². The molecule has 1 aromatic carbocycles. The predicted molar refractivity (Wildman–Crippen MR) is 99.6 cm³/mol. The summed E-state index contributed by atoms with van der Waals surface area (Å²) in [4.78, 5) is 5.18. The van der Waals surface area contributed by atoms with Crippen molar-refractivity contribution in [3.05, 3.63) is 35.4 Å². The molecular formula is C20H35N3. The van der Waals surface area contributed by atoms with Crippen molar-refractivity contribution in [2.24, 2.45) is 5.92 Å². The Morgan fingerprint density at radius 2 is 1.43 bits per heavy atom. The summed E-state index contributed by atoms with van der Waals surface area (Å²) in [5, 5.41) is 3.54. The van der Waals surface area contributed by atoms with Crippen LogP contribution < -0.4 is 5.32 Å². The van der Waals surface area contributed by atoms with E-state index >= 15 is 0 Å². The Morgan fingerprint density at radius 1 is 0.913 bits per heavy atom. The number of piperazine rings is 1. The van der Waals surface area contributed by atoms with Gasteiger partial charge in [-0.3, -0.25) is 4.90 Å². The highest BCUT2D eigenvalue weighted by Gasteiger charge is 2.17. The van der Waals surface area contributed by atoms with Gasteiger partial charge in [0.1, 0.15) is 0 Å². The summed E-state index contributed by atoms with van der Waals surface area (Å²) in [6.07, 6.45) is 0. The Hall–Kier alpha value is -0.900. The van der Waals surface area contributed by atoms with Gasteiger partial charge in [-0.2, -0.15) is 0 Å². The molecule has 0 radical (unpaired) electrons. The Bertz CT molecular complexity index is 451. The van der Waals surface area contributed by atoms with E-state index in [4.69, 9.17) is 0 Å². The van der Waals surface area contributed by atoms with Crippen LogP contribution in [0.15, 0.2) is 24.3 Å². The molecule has 1 aliphatic heterocycles. The maximum Gasteiger partial charge on any atom is 0.0234 e. The van der Waals surface area contributed by atoms with Gasteiger partial charge in [-0.15, -0.1) is 0 Å². The fourth-order valence-corrected chi connectivity index (χ4v) is 3.03. The molecule has 0 spiro atoms. The highest BCUT2D eigenvalue weighted by atomic mass is 15.3. The first-order valence-corrected chi connectivity index (χ1v) is 9.09. The third-order valence-electron chi connectivity index (χ3n) is 4.34. The third-order valence-corrected chi connectivity index (χ3v) is 4.34. The second-order valence-electron chi connectivity index (χ2n) is 8.39. The van der Waals surface area contributed by atoms with Crippen molar-refractivity contribution in [2.75, 3.05) is 32.7 Å². The molecule has 1 N–H and O–H groups in total. The first kappa shape index (κ1) is 18.4. The standard InChI is InChI=1S/C20H35N3/c1-17(2)15-22-10-12-23(13-11-22)16-19-8-6-18(7-9-19)14-21-20(3,4)5/h6-9,17,21H,10-16H2,1-5H3. The number of hydrogen-bond donors (Lipinski definition) is 1. The molecular weight excluding hydrogens is 282 g/mol. The zero-order chi connectivity index (χ0) is 16.9. The number of benzene rings is 1. The van der Waals surface area contributed by atoms with Crippen molar-refractivity contribution in [3.63, 3.8) is 0 Å². The number of rotatable bonds is 6. The molecule has 1 saturated heterocycles. The zero-order valence-corrected chi connectivity index (χ0v) is 15.7. The quantitative estimate of drug-likeness (QED) is 0.868. The predicted octanol–water partition coefficient (Wildman–Crippen LogP) is 3.35. The first-order valence-electron chi connectivity index (χ1n) is 9.09. The van der Waals surface area contributed by atoms with Crippen LogP contribution >= 0.6 is 0 Å². The topological polar surface area (TPSA) is 18.5 Å². The van der Waals surface area contributed by atoms with Gasteiger partial charge in [0, 0.05) is 51.4 Å². The Morgan fingerprint density at radius 3 is 1.96 bits per heavy atom. The van der Waals surface area contributed by atoms with E-state index in [1.807, 2.05) is 0 Å². The molecule has 3 nitrogen and oxygen atoms in total. The van der Waals surface area contributed by atoms with Gasteiger partial charge in [-0.25, -0.2) is 0 Å². The minimum absolute atomic E-state index is 0.175. The normalized spacial score (nSPS) is 17.8. The summed E-state index contributed by atoms with van der Waals surface area (Å²) in [6, 6.07) is 9.12. The number of nitrogens with zero attached hydrogens (tertiary/aromatic N) is 2. The van der Waals surface area contributed by atoms with Gasteiger partial charge >= 0.3 is 0 Å². The Kier molecular flexibility index (Phi) is 6.63. The maximum absolute atomic E-state index is 3.54. The van der Waals surface area contributed by atoms with Crippen LogP contribution in [0.1, 0.15) is 45.7 Å². The van der Waals surface area contributed by atoms with Gasteiger partial charge in [0.25, 0.3) is 0 Å². The van der Waals surface area contributed by atoms with E-state index in [0.717, 1.165) is 19.0 Å². The van der Waals surface area contributed by atoms with E-state index in [2.05, 4.69) is 74.0 Å². The monoisotopic (exact) mass is 317 g/mol. The molecule has 1 fully saturated rings. The zero-order valence-electron chi connectivity index (χ0n) is 15.7. The lowest BCUT2D eigenvalue weighted by atomic mass is 10.1. The van der Waals surface area contributed by atoms with Crippen LogP contribution in [0.2, 0.25) is 0 Å². The first-order chi connectivity index (χ1) is 10.8. The second kappa shape index (κ2) is 8.27. The lowest BCUT2D eigenvalue weighted by molar-refractivity contribution is 0.117. The summed E-state index contributed by atoms with van der Waals surface area (Å²) < 4.78 is 0. The third kappa shape index (κ3) is 7.03. The molecule has 2 rings (SSSR count). The summed E-state index contributed by atoms with van der Waals surface area (Å²) >= 11 is 0. The van der Waals surface area contributed by atoms with Crippen molar-refractivity contribution >= 4 is 0 Å². The average Bonchev–Trinajstić information content (AvgIpc) is 2.47. The van der Waals surface area contributed by atoms with Gasteiger partial charge in [-0.05, 0) is 37.8 Å². The average molecular weight is 318 g/mol. The molecule has 0 aliphatic carbocycles. The Balaban J connectivity index is 1.76. The van der Waals surface area contributed by atoms with Crippen molar-refractivity contribution in [2.45, 2.75) is 53.2 Å². The van der Waals surface area contributed by atoms with Crippen molar-refractivity contribution in [3.8, 4) is 0 Å². The molecule has 0 amide bonds. The van der Waals surface area contributed by atoms with Gasteiger partial charge in [0.2, 0.25) is 0 Å². The number of nitrogens with one attached hydrogen (secondary N) is 1. The second-order valence-corrected chi connectivity index (χ2v) is 8.39. The molecule has 0 saturated carbocycles. The minimum Gasteiger partial charge on any atom is -0.308 e. The molecule has 3 heteroatoms. The van der Waals surface area contributed by atoms with Gasteiger partial charge < -0.3 is 10.2 Å². The minimum atomic E-state index is 0.175. The fourth-order valence-electron chi connectivity index (χ4n) is 3.03. The molecule has 130 valence electrons. The summed E-state index contributed by atoms with van der Waals surface area (Å²) in [7, 11) is 0. The van der Waals surface area contributed by atoms with Gasteiger partial charge in [0.05, 0.1) is 0 Å². The van der Waals surface area contributed by atoms with E-state index in [9.17, 15) is 0 Å². The van der Waals surface area contributed by atoms with Crippen molar-refractivity contribution < 1.29 is 0 Å². The van der Waals surface area contributed by atoms with Gasteiger partial charge in [-0.1, -0.05) is 38.1 Å². The van der Waals surface area contributed by atoms with Crippen LogP contribution in [-0.2, 0) is 13.1 Å². The highest BCUT2D eigenvalue weighted by molar-refractivity contribution is 5.22. The SMILES string of the molecule is CC(C)CN1CCN(Cc2ccc(CNC(C)(C)C)cc2)CC1. The van der Waals surface area contributed by atoms with E-state index in [-0.39, 0.29) is 5.54 Å². The van der Waals surface area contributed by atoms with Crippen LogP contribution in [0.5, 0.6) is 0 Å². The van der Waals surface area contributed by atoms with Crippen LogP contribution in [0.3, 0.4) is 0 Å². The fraction of sp³-hybridized carbons (Fsp3) is 0.700. The van der Waals surface area contributed by atoms with Crippen LogP contribution in [0.4, 0.5) is 0 Å². The van der Waals surface area contributed by atoms with Crippen LogP contribution in [-0.4, -0.2) is 48.1 Å². The lowest BCUT2D eigenvalue weighted by Gasteiger charge is -2.35. The van der Waals surface area contributed by atoms with E-state index < -0.39 is 0 Å². The smallest absolute Gasteiger partial charge is 0.0234 e. The lowest BCUT2D eigenvalue weighted by Crippen LogP contribution is -2.46. The molecule has 1 heterocycles. The summed E-state index contributed by atoms with van der Waals surface area (Å²) in [5.41, 5.74) is 2.97. The molecule has 1 aliphatic rings. The largest absolute Gasteiger partial charge is 0.308 e. The number of hydrogen-bond acceptors (Lipinski definition) is 3. The molecule has 0 aromatic heterocycles. The summed E-state index contributed by atoms with van der Waals surface area (Å²) in [5.74, 6) is 0.774. The highest BCUT2D eigenvalue weighted by Crippen LogP contribution is 2.12. The molecule has 0 atom stereocenters. The summed E-state index contributed by atoms with van der Waals surface area (Å²) in [6.45, 7) is 19.3. The van der Waals surface area contributed by atoms with Crippen LogP contribution in [0.25, 0.3) is 0 Å². The van der Waals surface area contributed by atoms with Crippen molar-refractivity contribution in [1.29, 1.82) is 0 Å².